The molecule has 5 heteroatoms. The molecule has 0 bridgehead atoms. The van der Waals surface area contributed by atoms with E-state index in [-0.39, 0.29) is 32.7 Å². The third kappa shape index (κ3) is 9.90. The zero-order chi connectivity index (χ0) is 27.8. The summed E-state index contributed by atoms with van der Waals surface area (Å²) in [4.78, 5) is 0. The molecular formula is C32H58NSi3Y-. The zero-order valence-electron chi connectivity index (χ0n) is 27.2. The Morgan fingerprint density at radius 2 is 1.24 bits per heavy atom. The normalized spacial score (nSPS) is 29.0. The van der Waals surface area contributed by atoms with Gasteiger partial charge in [0.1, 0.15) is 0 Å². The van der Waals surface area contributed by atoms with E-state index in [4.69, 9.17) is 4.65 Å². The predicted molar refractivity (Wildman–Crippen MR) is 171 cm³/mol. The molecule has 0 aromatic rings. The van der Waals surface area contributed by atoms with Crippen molar-refractivity contribution in [2.24, 2.45) is 23.7 Å². The van der Waals surface area contributed by atoms with Gasteiger partial charge in [-0.3, -0.25) is 0 Å². The van der Waals surface area contributed by atoms with E-state index in [2.05, 4.69) is 120 Å². The SMILES string of the molecule is C[C]1[C](C)[C](C)[C]([Si](C)(C)[C]2[CH][CH][C]([C@@H]3C[C@H](C)CC[C@H]3C(C)C)[CH]2)[C]1C.C[Si](C)(C)[N-][Si](C)(C)C.[Y]. The second kappa shape index (κ2) is 14.3. The van der Waals surface area contributed by atoms with E-state index in [1.165, 1.54) is 31.1 Å². The zero-order valence-corrected chi connectivity index (χ0v) is 33.0. The second-order valence-corrected chi connectivity index (χ2v) is 28.7. The first-order valence-corrected chi connectivity index (χ1v) is 24.4. The summed E-state index contributed by atoms with van der Waals surface area (Å²) in [7, 11) is -3.88. The van der Waals surface area contributed by atoms with Crippen molar-refractivity contribution in [3.63, 3.8) is 0 Å². The largest absolute Gasteiger partial charge is 0.668 e. The molecule has 3 aliphatic carbocycles. The van der Waals surface area contributed by atoms with Crippen LogP contribution in [-0.2, 0) is 32.7 Å². The summed E-state index contributed by atoms with van der Waals surface area (Å²) in [6.45, 7) is 35.5. The minimum absolute atomic E-state index is 0. The number of nitrogens with zero attached hydrogens (tertiary/aromatic N) is 1. The van der Waals surface area contributed by atoms with Gasteiger partial charge in [-0.1, -0.05) is 124 Å². The van der Waals surface area contributed by atoms with Crippen molar-refractivity contribution in [2.75, 3.05) is 0 Å². The summed E-state index contributed by atoms with van der Waals surface area (Å²) in [6, 6.07) is 0. The van der Waals surface area contributed by atoms with Gasteiger partial charge < -0.3 is 4.65 Å². The molecule has 3 fully saturated rings. The van der Waals surface area contributed by atoms with Crippen molar-refractivity contribution >= 4 is 24.5 Å². The van der Waals surface area contributed by atoms with E-state index >= 15 is 0 Å². The van der Waals surface area contributed by atoms with Crippen LogP contribution in [0.4, 0.5) is 0 Å². The molecule has 0 aliphatic heterocycles. The fourth-order valence-electron chi connectivity index (χ4n) is 6.97. The first-order chi connectivity index (χ1) is 16.3. The van der Waals surface area contributed by atoms with Gasteiger partial charge in [0.25, 0.3) is 0 Å². The van der Waals surface area contributed by atoms with Gasteiger partial charge in [0, 0.05) is 32.7 Å². The van der Waals surface area contributed by atoms with Crippen LogP contribution in [0.25, 0.3) is 4.65 Å². The van der Waals surface area contributed by atoms with Crippen LogP contribution in [0, 0.1) is 83.6 Å². The molecule has 0 amide bonds. The molecule has 0 saturated heterocycles. The van der Waals surface area contributed by atoms with Crippen molar-refractivity contribution in [3.8, 4) is 0 Å². The molecule has 3 atom stereocenters. The Morgan fingerprint density at radius 1 is 0.757 bits per heavy atom. The molecule has 207 valence electrons. The first kappa shape index (κ1) is 36.7. The molecule has 3 rings (SSSR count). The van der Waals surface area contributed by atoms with E-state index < -0.39 is 24.5 Å². The summed E-state index contributed by atoms with van der Waals surface area (Å²) < 4.78 is 4.82. The molecule has 3 saturated carbocycles. The van der Waals surface area contributed by atoms with Gasteiger partial charge in [-0.15, -0.1) is 0 Å². The molecular weight excluding hydrogens is 572 g/mol. The fraction of sp³-hybridized carbons (Fsp3) is 0.688. The molecule has 0 aromatic heterocycles. The fourth-order valence-corrected chi connectivity index (χ4v) is 18.6. The van der Waals surface area contributed by atoms with Crippen LogP contribution in [0.15, 0.2) is 0 Å². The Hall–Kier alpha value is 1.71. The number of hydrogen-bond donors (Lipinski definition) is 0. The number of hydrogen-bond acceptors (Lipinski definition) is 0. The summed E-state index contributed by atoms with van der Waals surface area (Å²) in [5.74, 6) is 11.0. The average molecular weight is 630 g/mol. The van der Waals surface area contributed by atoms with E-state index in [9.17, 15) is 0 Å². The summed E-state index contributed by atoms with van der Waals surface area (Å²) in [6.07, 6.45) is 11.8. The van der Waals surface area contributed by atoms with Gasteiger partial charge >= 0.3 is 0 Å². The van der Waals surface area contributed by atoms with E-state index in [1.54, 1.807) is 28.8 Å². The number of rotatable bonds is 6. The predicted octanol–water partition coefficient (Wildman–Crippen LogP) is 10.3. The molecule has 0 unspecified atom stereocenters. The van der Waals surface area contributed by atoms with E-state index in [0.29, 0.717) is 0 Å². The van der Waals surface area contributed by atoms with Crippen LogP contribution in [0.1, 0.15) is 67.7 Å². The van der Waals surface area contributed by atoms with Crippen molar-refractivity contribution < 1.29 is 32.7 Å². The third-order valence-corrected chi connectivity index (χ3v) is 17.8. The smallest absolute Gasteiger partial charge is 0.0626 e. The van der Waals surface area contributed by atoms with Gasteiger partial charge in [0.05, 0.1) is 8.07 Å². The maximum atomic E-state index is 4.82. The van der Waals surface area contributed by atoms with Gasteiger partial charge in [0.2, 0.25) is 0 Å². The molecule has 0 N–H and O–H groups in total. The molecule has 0 heterocycles. The van der Waals surface area contributed by atoms with Crippen molar-refractivity contribution in [2.45, 2.75) is 120 Å². The van der Waals surface area contributed by atoms with E-state index in [0.717, 1.165) is 23.7 Å². The van der Waals surface area contributed by atoms with Gasteiger partial charge in [-0.05, 0) is 96.4 Å². The Bertz CT molecular complexity index is 657. The minimum atomic E-state index is -1.66. The summed E-state index contributed by atoms with van der Waals surface area (Å²) >= 11 is 0. The minimum Gasteiger partial charge on any atom is -0.668 e. The van der Waals surface area contributed by atoms with Crippen molar-refractivity contribution in [3.05, 3.63) is 64.6 Å². The van der Waals surface area contributed by atoms with Gasteiger partial charge in [-0.2, -0.15) is 0 Å². The molecule has 11 radical (unpaired) electrons. The van der Waals surface area contributed by atoms with Gasteiger partial charge in [0.15, 0.2) is 0 Å². The monoisotopic (exact) mass is 629 g/mol. The molecule has 37 heavy (non-hydrogen) atoms. The van der Waals surface area contributed by atoms with Gasteiger partial charge in [-0.25, -0.2) is 0 Å². The first-order valence-electron chi connectivity index (χ1n) is 14.5. The Kier molecular flexibility index (Phi) is 14.2. The molecule has 1 nitrogen and oxygen atoms in total. The van der Waals surface area contributed by atoms with E-state index in [1.807, 2.05) is 0 Å². The molecule has 3 aliphatic rings. The Morgan fingerprint density at radius 3 is 1.65 bits per heavy atom. The maximum Gasteiger partial charge on any atom is 0.0626 e. The quantitative estimate of drug-likeness (QED) is 0.260. The standard InChI is InChI=1S/C26H40Si.C6H18NSi2.Y/c1-16(2)24-13-10-17(3)14-25(24)22-11-12-23(15-22)27(8,9)26-20(6)18(4)19(5)21(26)7;1-8(2,3)7-9(4,5)6;/h11-12,15-17,24-25H,10,13-14H2,1-9H3;1-6H3;/q;-1;/t17-,24+,25+;;/m1../s1. The molecule has 0 aromatic carbocycles. The van der Waals surface area contributed by atoms with Crippen molar-refractivity contribution in [1.82, 2.24) is 0 Å². The Balaban J connectivity index is 0.000000589. The summed E-state index contributed by atoms with van der Waals surface area (Å²) in [5, 5.41) is 0. The Labute approximate surface area is 263 Å². The van der Waals surface area contributed by atoms with Crippen LogP contribution in [0.2, 0.25) is 52.4 Å². The van der Waals surface area contributed by atoms with Crippen LogP contribution in [0.3, 0.4) is 0 Å². The van der Waals surface area contributed by atoms with Crippen LogP contribution < -0.4 is 0 Å². The second-order valence-electron chi connectivity index (χ2n) is 14.8. The van der Waals surface area contributed by atoms with Crippen LogP contribution in [0.5, 0.6) is 0 Å². The third-order valence-electron chi connectivity index (χ3n) is 8.68. The van der Waals surface area contributed by atoms with Crippen LogP contribution >= 0.6 is 0 Å². The van der Waals surface area contributed by atoms with Crippen LogP contribution in [-0.4, -0.2) is 24.5 Å². The van der Waals surface area contributed by atoms with Crippen molar-refractivity contribution in [1.29, 1.82) is 0 Å². The molecule has 0 spiro atoms. The average Bonchev–Trinajstić information content (AvgIpc) is 3.27. The topological polar surface area (TPSA) is 14.1 Å². The maximum absolute atomic E-state index is 4.82. The summed E-state index contributed by atoms with van der Waals surface area (Å²) in [5.41, 5.74) is 3.32.